The van der Waals surface area contributed by atoms with E-state index in [9.17, 15) is 4.79 Å². The summed E-state index contributed by atoms with van der Waals surface area (Å²) < 4.78 is 0.312. The number of hydrogen-bond acceptors (Lipinski definition) is 3. The molecule has 0 aromatic heterocycles. The van der Waals surface area contributed by atoms with Crippen LogP contribution >= 0.6 is 11.8 Å². The van der Waals surface area contributed by atoms with Crippen molar-refractivity contribution in [2.75, 3.05) is 19.3 Å². The van der Waals surface area contributed by atoms with Gasteiger partial charge in [0.25, 0.3) is 0 Å². The van der Waals surface area contributed by atoms with Gasteiger partial charge in [-0.05, 0) is 38.5 Å². The van der Waals surface area contributed by atoms with Crippen LogP contribution in [0, 0.1) is 0 Å². The van der Waals surface area contributed by atoms with Crippen LogP contribution in [0.25, 0.3) is 0 Å². The Morgan fingerprint density at radius 2 is 2.12 bits per heavy atom. The molecule has 0 aromatic rings. The van der Waals surface area contributed by atoms with E-state index in [2.05, 4.69) is 16.9 Å². The predicted octanol–water partition coefficient (Wildman–Crippen LogP) is 1.92. The van der Waals surface area contributed by atoms with E-state index in [1.807, 2.05) is 11.8 Å². The van der Waals surface area contributed by atoms with Gasteiger partial charge in [-0.2, -0.15) is 11.8 Å². The molecule has 0 bridgehead atoms. The Balaban J connectivity index is 1.80. The van der Waals surface area contributed by atoms with Gasteiger partial charge in [0.15, 0.2) is 0 Å². The highest BCUT2D eigenvalue weighted by Gasteiger charge is 2.32. The summed E-state index contributed by atoms with van der Waals surface area (Å²) in [5.74, 6) is 0.210. The summed E-state index contributed by atoms with van der Waals surface area (Å²) in [4.78, 5) is 12.0. The zero-order valence-electron chi connectivity index (χ0n) is 10.8. The van der Waals surface area contributed by atoms with E-state index in [0.29, 0.717) is 4.75 Å². The van der Waals surface area contributed by atoms with Crippen molar-refractivity contribution in [3.05, 3.63) is 0 Å². The van der Waals surface area contributed by atoms with Crippen molar-refractivity contribution >= 4 is 17.7 Å². The number of amides is 1. The topological polar surface area (TPSA) is 41.1 Å². The molecule has 0 aromatic carbocycles. The molecule has 1 saturated heterocycles. The first-order chi connectivity index (χ1) is 8.26. The third-order valence-electron chi connectivity index (χ3n) is 4.16. The number of hydrogen-bond donors (Lipinski definition) is 2. The summed E-state index contributed by atoms with van der Waals surface area (Å²) >= 11 is 1.94. The average Bonchev–Trinajstić information content (AvgIpc) is 2.91. The molecule has 1 aliphatic carbocycles. The quantitative estimate of drug-likeness (QED) is 0.807. The fourth-order valence-electron chi connectivity index (χ4n) is 2.93. The maximum absolute atomic E-state index is 12.0. The minimum atomic E-state index is 0.0671. The molecule has 0 unspecified atom stereocenters. The van der Waals surface area contributed by atoms with Crippen molar-refractivity contribution < 1.29 is 4.79 Å². The van der Waals surface area contributed by atoms with E-state index in [1.54, 1.807) is 0 Å². The molecule has 1 saturated carbocycles. The molecular weight excluding hydrogens is 232 g/mol. The molecular formula is C13H24N2OS. The van der Waals surface area contributed by atoms with Crippen LogP contribution in [0.15, 0.2) is 0 Å². The molecule has 2 aliphatic rings. The molecule has 0 spiro atoms. The van der Waals surface area contributed by atoms with E-state index in [-0.39, 0.29) is 11.9 Å². The van der Waals surface area contributed by atoms with Crippen LogP contribution in [0.3, 0.4) is 0 Å². The van der Waals surface area contributed by atoms with E-state index >= 15 is 0 Å². The Bertz CT molecular complexity index is 258. The molecule has 17 heavy (non-hydrogen) atoms. The minimum Gasteiger partial charge on any atom is -0.353 e. The lowest BCUT2D eigenvalue weighted by Crippen LogP contribution is -2.47. The van der Waals surface area contributed by atoms with Crippen molar-refractivity contribution in [2.24, 2.45) is 0 Å². The largest absolute Gasteiger partial charge is 0.353 e. The monoisotopic (exact) mass is 256 g/mol. The second-order valence-corrected chi connectivity index (χ2v) is 6.59. The summed E-state index contributed by atoms with van der Waals surface area (Å²) in [7, 11) is 0. The van der Waals surface area contributed by atoms with E-state index in [1.165, 1.54) is 32.1 Å². The zero-order valence-corrected chi connectivity index (χ0v) is 11.6. The van der Waals surface area contributed by atoms with Gasteiger partial charge in [0.1, 0.15) is 0 Å². The summed E-state index contributed by atoms with van der Waals surface area (Å²) in [6.45, 7) is 1.84. The molecule has 3 nitrogen and oxygen atoms in total. The lowest BCUT2D eigenvalue weighted by atomic mass is 9.88. The lowest BCUT2D eigenvalue weighted by molar-refractivity contribution is -0.122. The van der Waals surface area contributed by atoms with Gasteiger partial charge in [0.2, 0.25) is 5.91 Å². The normalized spacial score (nSPS) is 27.9. The maximum Gasteiger partial charge on any atom is 0.237 e. The van der Waals surface area contributed by atoms with Gasteiger partial charge in [-0.25, -0.2) is 0 Å². The minimum absolute atomic E-state index is 0.0671. The Morgan fingerprint density at radius 3 is 2.71 bits per heavy atom. The molecule has 1 atom stereocenters. The van der Waals surface area contributed by atoms with Gasteiger partial charge in [0.05, 0.1) is 6.04 Å². The van der Waals surface area contributed by atoms with Crippen LogP contribution in [0.5, 0.6) is 0 Å². The van der Waals surface area contributed by atoms with Gasteiger partial charge < -0.3 is 10.6 Å². The van der Waals surface area contributed by atoms with Crippen LogP contribution < -0.4 is 10.6 Å². The van der Waals surface area contributed by atoms with Crippen LogP contribution in [-0.4, -0.2) is 36.0 Å². The molecule has 0 radical (unpaired) electrons. The molecule has 1 aliphatic heterocycles. The smallest absolute Gasteiger partial charge is 0.237 e. The predicted molar refractivity (Wildman–Crippen MR) is 73.4 cm³/mol. The van der Waals surface area contributed by atoms with E-state index < -0.39 is 0 Å². The maximum atomic E-state index is 12.0. The van der Waals surface area contributed by atoms with Crippen molar-refractivity contribution in [3.63, 3.8) is 0 Å². The highest BCUT2D eigenvalue weighted by molar-refractivity contribution is 8.00. The summed E-state index contributed by atoms with van der Waals surface area (Å²) in [5.41, 5.74) is 0. The van der Waals surface area contributed by atoms with E-state index in [0.717, 1.165) is 25.9 Å². The van der Waals surface area contributed by atoms with Crippen LogP contribution in [0.2, 0.25) is 0 Å². The Labute approximate surface area is 108 Å². The van der Waals surface area contributed by atoms with Gasteiger partial charge >= 0.3 is 0 Å². The summed E-state index contributed by atoms with van der Waals surface area (Å²) in [5, 5.41) is 6.42. The highest BCUT2D eigenvalue weighted by atomic mass is 32.2. The molecule has 1 heterocycles. The Kier molecular flexibility index (Phi) is 4.74. The number of nitrogens with one attached hydrogen (secondary N) is 2. The fourth-order valence-corrected chi connectivity index (χ4v) is 3.84. The van der Waals surface area contributed by atoms with Crippen molar-refractivity contribution in [1.29, 1.82) is 0 Å². The first-order valence-electron chi connectivity index (χ1n) is 6.82. The lowest BCUT2D eigenvalue weighted by Gasteiger charge is -2.36. The summed E-state index contributed by atoms with van der Waals surface area (Å²) in [6.07, 6.45) is 10.8. The Morgan fingerprint density at radius 1 is 1.35 bits per heavy atom. The third kappa shape index (κ3) is 3.38. The SMILES string of the molecule is CSC1(CNC(=O)[C@H]2CCCN2)CCCCC1. The average molecular weight is 256 g/mol. The van der Waals surface area contributed by atoms with Gasteiger partial charge in [0, 0.05) is 11.3 Å². The van der Waals surface area contributed by atoms with Crippen LogP contribution in [0.1, 0.15) is 44.9 Å². The van der Waals surface area contributed by atoms with Crippen molar-refractivity contribution in [1.82, 2.24) is 10.6 Å². The third-order valence-corrected chi connectivity index (χ3v) is 5.58. The first kappa shape index (κ1) is 13.2. The molecule has 98 valence electrons. The molecule has 4 heteroatoms. The van der Waals surface area contributed by atoms with Crippen molar-refractivity contribution in [2.45, 2.75) is 55.7 Å². The first-order valence-corrected chi connectivity index (χ1v) is 8.04. The van der Waals surface area contributed by atoms with E-state index in [4.69, 9.17) is 0 Å². The van der Waals surface area contributed by atoms with Gasteiger partial charge in [-0.3, -0.25) is 4.79 Å². The molecule has 2 rings (SSSR count). The van der Waals surface area contributed by atoms with Gasteiger partial charge in [-0.1, -0.05) is 19.3 Å². The highest BCUT2D eigenvalue weighted by Crippen LogP contribution is 2.37. The summed E-state index contributed by atoms with van der Waals surface area (Å²) in [6, 6.07) is 0.0671. The van der Waals surface area contributed by atoms with Crippen LogP contribution in [0.4, 0.5) is 0 Å². The standard InChI is InChI=1S/C13H24N2OS/c1-17-13(7-3-2-4-8-13)10-15-12(16)11-6-5-9-14-11/h11,14H,2-10H2,1H3,(H,15,16)/t11-/m1/s1. The Hall–Kier alpha value is -0.220. The second kappa shape index (κ2) is 6.10. The second-order valence-electron chi connectivity index (χ2n) is 5.31. The zero-order chi connectivity index (χ0) is 12.1. The fraction of sp³-hybridized carbons (Fsp3) is 0.923. The number of carbonyl (C=O) groups excluding carboxylic acids is 1. The molecule has 2 N–H and O–H groups in total. The van der Waals surface area contributed by atoms with Gasteiger partial charge in [-0.15, -0.1) is 0 Å². The number of thioether (sulfide) groups is 1. The number of carbonyl (C=O) groups is 1. The van der Waals surface area contributed by atoms with Crippen molar-refractivity contribution in [3.8, 4) is 0 Å². The molecule has 1 amide bonds. The molecule has 2 fully saturated rings. The van der Waals surface area contributed by atoms with Crippen LogP contribution in [-0.2, 0) is 4.79 Å². The number of rotatable bonds is 4.